The maximum atomic E-state index is 5.74. The molecule has 0 radical (unpaired) electrons. The topological polar surface area (TPSA) is 56.5 Å². The Morgan fingerprint density at radius 2 is 1.67 bits per heavy atom. The highest BCUT2D eigenvalue weighted by molar-refractivity contribution is 5.38. The van der Waals surface area contributed by atoms with E-state index in [4.69, 9.17) is 15.2 Å². The summed E-state index contributed by atoms with van der Waals surface area (Å²) in [6.07, 6.45) is 0. The Balaban J connectivity index is 2.71. The van der Waals surface area contributed by atoms with E-state index in [-0.39, 0.29) is 0 Å². The van der Waals surface area contributed by atoms with Gasteiger partial charge in [0.2, 0.25) is 0 Å². The summed E-state index contributed by atoms with van der Waals surface area (Å²) in [6.45, 7) is 5.72. The van der Waals surface area contributed by atoms with E-state index in [1.165, 1.54) is 0 Å². The largest absolute Gasteiger partial charge is 0.497 e. The second-order valence-electron chi connectivity index (χ2n) is 4.69. The first-order chi connectivity index (χ1) is 8.60. The van der Waals surface area contributed by atoms with E-state index >= 15 is 0 Å². The average Bonchev–Trinajstić information content (AvgIpc) is 2.38. The normalized spacial score (nSPS) is 12.6. The third-order valence-electron chi connectivity index (χ3n) is 3.04. The number of nitrogens with two attached hydrogens (primary N) is 1. The minimum Gasteiger partial charge on any atom is -0.497 e. The molecule has 1 atom stereocenters. The Morgan fingerprint density at radius 1 is 1.11 bits per heavy atom. The molecule has 0 aliphatic heterocycles. The van der Waals surface area contributed by atoms with Crippen LogP contribution in [0.5, 0.6) is 11.5 Å². The lowest BCUT2D eigenvalue weighted by Crippen LogP contribution is -2.39. The predicted octanol–water partition coefficient (Wildman–Crippen LogP) is 1.78. The maximum Gasteiger partial charge on any atom is 0.122 e. The molecule has 0 saturated heterocycles. The Hall–Kier alpha value is -1.26. The van der Waals surface area contributed by atoms with E-state index in [0.29, 0.717) is 18.5 Å². The Labute approximate surface area is 109 Å². The van der Waals surface area contributed by atoms with Crippen molar-refractivity contribution in [1.29, 1.82) is 0 Å². The van der Waals surface area contributed by atoms with Gasteiger partial charge in [0.1, 0.15) is 11.5 Å². The Kier molecular flexibility index (Phi) is 5.95. The van der Waals surface area contributed by atoms with Crippen LogP contribution in [0.25, 0.3) is 0 Å². The fraction of sp³-hybridized carbons (Fsp3) is 0.571. The molecule has 3 N–H and O–H groups in total. The summed E-state index contributed by atoms with van der Waals surface area (Å²) >= 11 is 0. The van der Waals surface area contributed by atoms with Crippen LogP contribution in [0.2, 0.25) is 0 Å². The summed E-state index contributed by atoms with van der Waals surface area (Å²) < 4.78 is 10.5. The van der Waals surface area contributed by atoms with Crippen LogP contribution in [0.1, 0.15) is 19.4 Å². The van der Waals surface area contributed by atoms with Gasteiger partial charge in [-0.1, -0.05) is 13.8 Å². The lowest BCUT2D eigenvalue weighted by molar-refractivity contribution is 0.388. The molecule has 0 aliphatic rings. The minimum atomic E-state index is 0.321. The molecule has 0 saturated carbocycles. The first-order valence-corrected chi connectivity index (χ1v) is 6.26. The second kappa shape index (κ2) is 7.24. The van der Waals surface area contributed by atoms with Crippen molar-refractivity contribution in [2.24, 2.45) is 11.7 Å². The van der Waals surface area contributed by atoms with E-state index in [1.807, 2.05) is 18.2 Å². The molecular weight excluding hydrogens is 228 g/mol. The highest BCUT2D eigenvalue weighted by Gasteiger charge is 2.11. The van der Waals surface area contributed by atoms with Gasteiger partial charge in [0.05, 0.1) is 14.2 Å². The third-order valence-corrected chi connectivity index (χ3v) is 3.04. The smallest absolute Gasteiger partial charge is 0.122 e. The van der Waals surface area contributed by atoms with Crippen LogP contribution in [0.4, 0.5) is 0 Å². The molecule has 0 amide bonds. The van der Waals surface area contributed by atoms with Gasteiger partial charge in [0, 0.05) is 25.2 Å². The minimum absolute atomic E-state index is 0.321. The molecule has 1 aromatic rings. The molecule has 4 nitrogen and oxygen atoms in total. The molecule has 4 heteroatoms. The van der Waals surface area contributed by atoms with Gasteiger partial charge in [0.25, 0.3) is 0 Å². The molecule has 1 aromatic carbocycles. The molecule has 0 aliphatic carbocycles. The van der Waals surface area contributed by atoms with Gasteiger partial charge >= 0.3 is 0 Å². The lowest BCUT2D eigenvalue weighted by atomic mass is 10.0. The quantitative estimate of drug-likeness (QED) is 0.776. The maximum absolute atomic E-state index is 5.74. The fourth-order valence-corrected chi connectivity index (χ4v) is 1.81. The molecule has 1 unspecified atom stereocenters. The molecule has 0 fully saturated rings. The van der Waals surface area contributed by atoms with E-state index in [2.05, 4.69) is 19.2 Å². The second-order valence-corrected chi connectivity index (χ2v) is 4.69. The summed E-state index contributed by atoms with van der Waals surface area (Å²) in [5.74, 6) is 2.13. The molecule has 18 heavy (non-hydrogen) atoms. The predicted molar refractivity (Wildman–Crippen MR) is 74.1 cm³/mol. The van der Waals surface area contributed by atoms with Crippen LogP contribution in [-0.2, 0) is 6.54 Å². The standard InChI is InChI=1S/C14H24N2O2/c1-10(2)14(8-15)16-9-11-5-12(17-3)7-13(6-11)18-4/h5-7,10,14,16H,8-9,15H2,1-4H3. The first-order valence-electron chi connectivity index (χ1n) is 6.26. The highest BCUT2D eigenvalue weighted by atomic mass is 16.5. The number of benzene rings is 1. The van der Waals surface area contributed by atoms with Gasteiger partial charge in [0.15, 0.2) is 0 Å². The summed E-state index contributed by atoms with van der Waals surface area (Å²) in [5.41, 5.74) is 6.87. The van der Waals surface area contributed by atoms with Crippen molar-refractivity contribution in [2.75, 3.05) is 20.8 Å². The van der Waals surface area contributed by atoms with Crippen LogP contribution in [0.3, 0.4) is 0 Å². The number of hydrogen-bond donors (Lipinski definition) is 2. The van der Waals surface area contributed by atoms with Crippen LogP contribution < -0.4 is 20.5 Å². The van der Waals surface area contributed by atoms with Crippen molar-refractivity contribution in [1.82, 2.24) is 5.32 Å². The van der Waals surface area contributed by atoms with Crippen LogP contribution in [-0.4, -0.2) is 26.8 Å². The van der Waals surface area contributed by atoms with Gasteiger partial charge < -0.3 is 20.5 Å². The molecular formula is C14H24N2O2. The third kappa shape index (κ3) is 4.20. The number of ether oxygens (including phenoxy) is 2. The average molecular weight is 252 g/mol. The van der Waals surface area contributed by atoms with Crippen LogP contribution >= 0.6 is 0 Å². The molecule has 102 valence electrons. The van der Waals surface area contributed by atoms with Crippen LogP contribution in [0, 0.1) is 5.92 Å². The first kappa shape index (κ1) is 14.8. The summed E-state index contributed by atoms with van der Waals surface area (Å²) in [7, 11) is 3.31. The van der Waals surface area contributed by atoms with Crippen molar-refractivity contribution in [2.45, 2.75) is 26.4 Å². The van der Waals surface area contributed by atoms with E-state index in [9.17, 15) is 0 Å². The van der Waals surface area contributed by atoms with Gasteiger partial charge in [-0.15, -0.1) is 0 Å². The summed E-state index contributed by atoms with van der Waals surface area (Å²) in [4.78, 5) is 0. The molecule has 0 heterocycles. The van der Waals surface area contributed by atoms with Crippen molar-refractivity contribution < 1.29 is 9.47 Å². The van der Waals surface area contributed by atoms with Gasteiger partial charge in [-0.3, -0.25) is 0 Å². The van der Waals surface area contributed by atoms with Gasteiger partial charge in [-0.25, -0.2) is 0 Å². The SMILES string of the molecule is COc1cc(CNC(CN)C(C)C)cc(OC)c1. The monoisotopic (exact) mass is 252 g/mol. The molecule has 0 aromatic heterocycles. The number of rotatable bonds is 7. The van der Waals surface area contributed by atoms with Crippen molar-refractivity contribution in [3.63, 3.8) is 0 Å². The summed E-state index contributed by atoms with van der Waals surface area (Å²) in [6, 6.07) is 6.20. The molecule has 0 bridgehead atoms. The van der Waals surface area contributed by atoms with Gasteiger partial charge in [-0.2, -0.15) is 0 Å². The summed E-state index contributed by atoms with van der Waals surface area (Å²) in [5, 5.41) is 3.45. The number of hydrogen-bond acceptors (Lipinski definition) is 4. The van der Waals surface area contributed by atoms with E-state index < -0.39 is 0 Å². The zero-order valence-corrected chi connectivity index (χ0v) is 11.7. The van der Waals surface area contributed by atoms with Crippen molar-refractivity contribution in [3.05, 3.63) is 23.8 Å². The van der Waals surface area contributed by atoms with Gasteiger partial charge in [-0.05, 0) is 23.6 Å². The van der Waals surface area contributed by atoms with Crippen molar-refractivity contribution >= 4 is 0 Å². The zero-order valence-electron chi connectivity index (χ0n) is 11.7. The molecule has 1 rings (SSSR count). The van der Waals surface area contributed by atoms with Crippen LogP contribution in [0.15, 0.2) is 18.2 Å². The van der Waals surface area contributed by atoms with E-state index in [0.717, 1.165) is 23.6 Å². The fourth-order valence-electron chi connectivity index (χ4n) is 1.81. The van der Waals surface area contributed by atoms with Crippen molar-refractivity contribution in [3.8, 4) is 11.5 Å². The lowest BCUT2D eigenvalue weighted by Gasteiger charge is -2.20. The zero-order chi connectivity index (χ0) is 13.5. The van der Waals surface area contributed by atoms with E-state index in [1.54, 1.807) is 14.2 Å². The Bertz CT molecular complexity index is 345. The Morgan fingerprint density at radius 3 is 2.06 bits per heavy atom. The molecule has 0 spiro atoms. The number of methoxy groups -OCH3 is 2. The highest BCUT2D eigenvalue weighted by Crippen LogP contribution is 2.22. The number of nitrogens with one attached hydrogen (secondary N) is 1.